The molecular formula is C18H32O3. The van der Waals surface area contributed by atoms with Crippen molar-refractivity contribution in [3.63, 3.8) is 0 Å². The second-order valence-electron chi connectivity index (χ2n) is 6.21. The Kier molecular flexibility index (Phi) is 9.64. The molecule has 2 unspecified atom stereocenters. The number of aliphatic hydroxyl groups is 1. The molecule has 1 rings (SSSR count). The first-order chi connectivity index (χ1) is 10.1. The summed E-state index contributed by atoms with van der Waals surface area (Å²) in [5.74, 6) is 0. The van der Waals surface area contributed by atoms with Gasteiger partial charge in [-0.2, -0.15) is 0 Å². The van der Waals surface area contributed by atoms with Crippen LogP contribution in [0, 0.1) is 0 Å². The van der Waals surface area contributed by atoms with Gasteiger partial charge in [-0.1, -0.05) is 23.3 Å². The minimum atomic E-state index is -0.354. The molecule has 0 aromatic heterocycles. The fraction of sp³-hybridized carbons (Fsp3) is 0.778. The molecule has 2 atom stereocenters. The number of allylic oxidation sites excluding steroid dienone is 3. The van der Waals surface area contributed by atoms with E-state index in [-0.39, 0.29) is 12.4 Å². The van der Waals surface area contributed by atoms with Crippen molar-refractivity contribution in [1.29, 1.82) is 0 Å². The predicted molar refractivity (Wildman–Crippen MR) is 87.2 cm³/mol. The lowest BCUT2D eigenvalue weighted by molar-refractivity contribution is -0.163. The van der Waals surface area contributed by atoms with Crippen molar-refractivity contribution in [1.82, 2.24) is 0 Å². The van der Waals surface area contributed by atoms with E-state index < -0.39 is 0 Å². The highest BCUT2D eigenvalue weighted by Gasteiger charge is 2.13. The number of hydrogen-bond donors (Lipinski definition) is 1. The Morgan fingerprint density at radius 1 is 1.33 bits per heavy atom. The SMILES string of the molecule is CC(C)=CCC/C(C)=C/C(O)CCCOC1CCCCO1. The van der Waals surface area contributed by atoms with Crippen molar-refractivity contribution >= 4 is 0 Å². The predicted octanol–water partition coefficient (Wildman–Crippen LogP) is 4.36. The topological polar surface area (TPSA) is 38.7 Å². The summed E-state index contributed by atoms with van der Waals surface area (Å²) in [7, 11) is 0. The van der Waals surface area contributed by atoms with Gasteiger partial charge in [0, 0.05) is 13.2 Å². The third kappa shape index (κ3) is 9.83. The van der Waals surface area contributed by atoms with Crippen molar-refractivity contribution < 1.29 is 14.6 Å². The van der Waals surface area contributed by atoms with Crippen LogP contribution in [-0.2, 0) is 9.47 Å². The fourth-order valence-corrected chi connectivity index (χ4v) is 2.43. The van der Waals surface area contributed by atoms with Gasteiger partial charge in [0.25, 0.3) is 0 Å². The lowest BCUT2D eigenvalue weighted by Gasteiger charge is -2.22. The molecule has 3 heteroatoms. The molecule has 1 aliphatic heterocycles. The molecule has 0 spiro atoms. The van der Waals surface area contributed by atoms with Gasteiger partial charge in [-0.25, -0.2) is 0 Å². The van der Waals surface area contributed by atoms with Gasteiger partial charge < -0.3 is 14.6 Å². The first-order valence-corrected chi connectivity index (χ1v) is 8.30. The maximum Gasteiger partial charge on any atom is 0.157 e. The molecule has 0 aliphatic carbocycles. The fourth-order valence-electron chi connectivity index (χ4n) is 2.43. The average molecular weight is 296 g/mol. The summed E-state index contributed by atoms with van der Waals surface area (Å²) in [6, 6.07) is 0. The summed E-state index contributed by atoms with van der Waals surface area (Å²) in [4.78, 5) is 0. The number of ether oxygens (including phenoxy) is 2. The maximum absolute atomic E-state index is 9.99. The molecule has 1 fully saturated rings. The van der Waals surface area contributed by atoms with Gasteiger partial charge in [0.2, 0.25) is 0 Å². The Balaban J connectivity index is 2.08. The Morgan fingerprint density at radius 2 is 2.14 bits per heavy atom. The van der Waals surface area contributed by atoms with Gasteiger partial charge in [-0.3, -0.25) is 0 Å². The van der Waals surface area contributed by atoms with E-state index in [9.17, 15) is 5.11 Å². The second kappa shape index (κ2) is 11.0. The molecule has 1 N–H and O–H groups in total. The van der Waals surface area contributed by atoms with Crippen LogP contribution in [0.5, 0.6) is 0 Å². The minimum Gasteiger partial charge on any atom is -0.389 e. The largest absolute Gasteiger partial charge is 0.389 e. The first kappa shape index (κ1) is 18.4. The summed E-state index contributed by atoms with van der Waals surface area (Å²) in [6.45, 7) is 7.82. The third-order valence-corrected chi connectivity index (χ3v) is 3.65. The van der Waals surface area contributed by atoms with Crippen LogP contribution < -0.4 is 0 Å². The summed E-state index contributed by atoms with van der Waals surface area (Å²) in [6.07, 6.45) is 10.9. The smallest absolute Gasteiger partial charge is 0.157 e. The molecule has 1 saturated heterocycles. The van der Waals surface area contributed by atoms with Crippen LogP contribution in [0.3, 0.4) is 0 Å². The Bertz CT molecular complexity index is 323. The van der Waals surface area contributed by atoms with Crippen molar-refractivity contribution in [2.45, 2.75) is 78.1 Å². The Hall–Kier alpha value is -0.640. The van der Waals surface area contributed by atoms with E-state index >= 15 is 0 Å². The van der Waals surface area contributed by atoms with E-state index in [1.54, 1.807) is 0 Å². The van der Waals surface area contributed by atoms with Crippen LogP contribution in [0.4, 0.5) is 0 Å². The molecule has 0 saturated carbocycles. The van der Waals surface area contributed by atoms with Gasteiger partial charge in [0.1, 0.15) is 0 Å². The number of hydrogen-bond acceptors (Lipinski definition) is 3. The van der Waals surface area contributed by atoms with E-state index in [1.807, 2.05) is 6.08 Å². The van der Waals surface area contributed by atoms with Crippen molar-refractivity contribution in [2.24, 2.45) is 0 Å². The van der Waals surface area contributed by atoms with Gasteiger partial charge in [0.05, 0.1) is 6.10 Å². The Morgan fingerprint density at radius 3 is 2.81 bits per heavy atom. The van der Waals surface area contributed by atoms with E-state index in [2.05, 4.69) is 26.8 Å². The molecule has 1 aliphatic rings. The minimum absolute atomic E-state index is 0.0164. The lowest BCUT2D eigenvalue weighted by Crippen LogP contribution is -2.22. The molecule has 3 nitrogen and oxygen atoms in total. The van der Waals surface area contributed by atoms with E-state index in [0.29, 0.717) is 6.61 Å². The van der Waals surface area contributed by atoms with E-state index in [4.69, 9.17) is 9.47 Å². The van der Waals surface area contributed by atoms with E-state index in [1.165, 1.54) is 17.6 Å². The molecule has 122 valence electrons. The molecule has 21 heavy (non-hydrogen) atoms. The van der Waals surface area contributed by atoms with Crippen LogP contribution in [0.25, 0.3) is 0 Å². The summed E-state index contributed by atoms with van der Waals surface area (Å²) in [5, 5.41) is 9.99. The zero-order valence-electron chi connectivity index (χ0n) is 13.9. The van der Waals surface area contributed by atoms with Gasteiger partial charge >= 0.3 is 0 Å². The molecule has 0 aromatic carbocycles. The number of aliphatic hydroxyl groups excluding tert-OH is 1. The van der Waals surface area contributed by atoms with Crippen molar-refractivity contribution in [2.75, 3.05) is 13.2 Å². The zero-order valence-corrected chi connectivity index (χ0v) is 13.9. The summed E-state index contributed by atoms with van der Waals surface area (Å²) in [5.41, 5.74) is 2.61. The third-order valence-electron chi connectivity index (χ3n) is 3.65. The molecular weight excluding hydrogens is 264 g/mol. The molecule has 0 amide bonds. The van der Waals surface area contributed by atoms with Crippen molar-refractivity contribution in [3.05, 3.63) is 23.3 Å². The Labute approximate surface area is 130 Å². The highest BCUT2D eigenvalue weighted by Crippen LogP contribution is 2.15. The van der Waals surface area contributed by atoms with Crippen LogP contribution in [0.1, 0.15) is 65.7 Å². The van der Waals surface area contributed by atoms with Crippen LogP contribution in [0.2, 0.25) is 0 Å². The molecule has 0 radical (unpaired) electrons. The maximum atomic E-state index is 9.99. The first-order valence-electron chi connectivity index (χ1n) is 8.30. The highest BCUT2D eigenvalue weighted by atomic mass is 16.7. The average Bonchev–Trinajstić information content (AvgIpc) is 2.44. The second-order valence-corrected chi connectivity index (χ2v) is 6.21. The quantitative estimate of drug-likeness (QED) is 0.507. The molecule has 0 aromatic rings. The molecule has 1 heterocycles. The van der Waals surface area contributed by atoms with Gasteiger partial charge in [-0.15, -0.1) is 0 Å². The van der Waals surface area contributed by atoms with Crippen molar-refractivity contribution in [3.8, 4) is 0 Å². The summed E-state index contributed by atoms with van der Waals surface area (Å²) < 4.78 is 11.2. The van der Waals surface area contributed by atoms with Crippen LogP contribution in [-0.4, -0.2) is 30.7 Å². The normalized spacial score (nSPS) is 21.1. The molecule has 0 bridgehead atoms. The zero-order chi connectivity index (χ0) is 15.5. The number of rotatable bonds is 9. The van der Waals surface area contributed by atoms with Gasteiger partial charge in [-0.05, 0) is 65.7 Å². The standard InChI is InChI=1S/C18H32O3/c1-15(2)8-6-9-16(3)14-17(19)10-7-13-21-18-11-4-5-12-20-18/h8,14,17-19H,4-7,9-13H2,1-3H3/b16-14+. The van der Waals surface area contributed by atoms with Crippen LogP contribution in [0.15, 0.2) is 23.3 Å². The summed E-state index contributed by atoms with van der Waals surface area (Å²) >= 11 is 0. The van der Waals surface area contributed by atoms with Crippen LogP contribution >= 0.6 is 0 Å². The van der Waals surface area contributed by atoms with Gasteiger partial charge in [0.15, 0.2) is 6.29 Å². The highest BCUT2D eigenvalue weighted by molar-refractivity contribution is 5.04. The lowest BCUT2D eigenvalue weighted by atomic mass is 10.1. The monoisotopic (exact) mass is 296 g/mol. The van der Waals surface area contributed by atoms with E-state index in [0.717, 1.165) is 45.1 Å².